The van der Waals surface area contributed by atoms with E-state index in [1.807, 2.05) is 19.9 Å². The molecule has 0 aromatic heterocycles. The third-order valence-corrected chi connectivity index (χ3v) is 3.37. The molecule has 0 heterocycles. The molecule has 0 N–H and O–H groups in total. The van der Waals surface area contributed by atoms with Gasteiger partial charge in [0.2, 0.25) is 0 Å². The van der Waals surface area contributed by atoms with Crippen LogP contribution in [-0.4, -0.2) is 12.6 Å². The van der Waals surface area contributed by atoms with Crippen LogP contribution in [0, 0.1) is 13.8 Å². The first-order valence-electron chi connectivity index (χ1n) is 5.58. The van der Waals surface area contributed by atoms with Crippen LogP contribution in [0.25, 0.3) is 6.08 Å². The van der Waals surface area contributed by atoms with Crippen LogP contribution in [0.15, 0.2) is 22.2 Å². The van der Waals surface area contributed by atoms with Crippen LogP contribution in [0.2, 0.25) is 0 Å². The summed E-state index contributed by atoms with van der Waals surface area (Å²) in [5, 5.41) is 0. The molecule has 3 heteroatoms. The van der Waals surface area contributed by atoms with Gasteiger partial charge in [-0.15, -0.1) is 0 Å². The van der Waals surface area contributed by atoms with Crippen LogP contribution < -0.4 is 0 Å². The molecular weight excluding hydrogens is 280 g/mol. The predicted molar refractivity (Wildman–Crippen MR) is 73.9 cm³/mol. The fourth-order valence-electron chi connectivity index (χ4n) is 1.50. The van der Waals surface area contributed by atoms with Crippen molar-refractivity contribution in [3.63, 3.8) is 0 Å². The van der Waals surface area contributed by atoms with Crippen molar-refractivity contribution in [1.82, 2.24) is 0 Å². The summed E-state index contributed by atoms with van der Waals surface area (Å²) in [5.41, 5.74) is 3.96. The van der Waals surface area contributed by atoms with E-state index in [0.717, 1.165) is 21.2 Å². The molecule has 0 aliphatic rings. The average Bonchev–Trinajstić information content (AvgIpc) is 2.26. The van der Waals surface area contributed by atoms with Crippen molar-refractivity contribution in [2.75, 3.05) is 6.61 Å². The van der Waals surface area contributed by atoms with Crippen molar-refractivity contribution in [2.45, 2.75) is 27.7 Å². The summed E-state index contributed by atoms with van der Waals surface area (Å²) in [6.07, 6.45) is 1.87. The molecule has 2 nitrogen and oxygen atoms in total. The second-order valence-corrected chi connectivity index (χ2v) is 4.86. The summed E-state index contributed by atoms with van der Waals surface area (Å²) in [7, 11) is 0. The lowest BCUT2D eigenvalue weighted by Gasteiger charge is -2.07. The standard InChI is InChI=1S/C14H17BrO2/c1-5-17-14(16)11(4)7-12-6-10(3)13(15)8-9(12)2/h6-8H,5H2,1-4H3/b11-7+. The van der Waals surface area contributed by atoms with Crippen LogP contribution in [0.4, 0.5) is 0 Å². The fourth-order valence-corrected chi connectivity index (χ4v) is 1.95. The highest BCUT2D eigenvalue weighted by Gasteiger charge is 2.06. The lowest BCUT2D eigenvalue weighted by molar-refractivity contribution is -0.138. The van der Waals surface area contributed by atoms with E-state index in [1.165, 1.54) is 0 Å². The molecule has 0 atom stereocenters. The van der Waals surface area contributed by atoms with Gasteiger partial charge in [0.15, 0.2) is 0 Å². The molecule has 17 heavy (non-hydrogen) atoms. The molecule has 0 aliphatic heterocycles. The number of benzene rings is 1. The van der Waals surface area contributed by atoms with Gasteiger partial charge in [0.05, 0.1) is 6.61 Å². The molecule has 0 amide bonds. The maximum absolute atomic E-state index is 11.5. The molecule has 1 rings (SSSR count). The number of carbonyl (C=O) groups is 1. The number of halogens is 1. The SMILES string of the molecule is CCOC(=O)/C(C)=C/c1cc(C)c(Br)cc1C. The van der Waals surface area contributed by atoms with Gasteiger partial charge in [0.25, 0.3) is 0 Å². The molecule has 0 unspecified atom stereocenters. The molecule has 1 aromatic carbocycles. The van der Waals surface area contributed by atoms with E-state index in [-0.39, 0.29) is 5.97 Å². The maximum Gasteiger partial charge on any atom is 0.333 e. The van der Waals surface area contributed by atoms with E-state index in [9.17, 15) is 4.79 Å². The highest BCUT2D eigenvalue weighted by Crippen LogP contribution is 2.22. The van der Waals surface area contributed by atoms with Crippen molar-refractivity contribution in [1.29, 1.82) is 0 Å². The molecule has 0 bridgehead atoms. The van der Waals surface area contributed by atoms with E-state index in [0.29, 0.717) is 12.2 Å². The molecule has 0 radical (unpaired) electrons. The molecule has 92 valence electrons. The normalized spacial score (nSPS) is 11.5. The third kappa shape index (κ3) is 3.70. The second kappa shape index (κ2) is 6.01. The minimum absolute atomic E-state index is 0.257. The number of hydrogen-bond donors (Lipinski definition) is 0. The van der Waals surface area contributed by atoms with Gasteiger partial charge in [-0.1, -0.05) is 22.0 Å². The van der Waals surface area contributed by atoms with E-state index >= 15 is 0 Å². The van der Waals surface area contributed by atoms with Crippen LogP contribution in [0.5, 0.6) is 0 Å². The summed E-state index contributed by atoms with van der Waals surface area (Å²) in [6.45, 7) is 8.03. The Morgan fingerprint density at radius 2 is 2.00 bits per heavy atom. The summed E-state index contributed by atoms with van der Waals surface area (Å²) < 4.78 is 6.04. The Morgan fingerprint density at radius 1 is 1.35 bits per heavy atom. The van der Waals surface area contributed by atoms with Gasteiger partial charge in [0.1, 0.15) is 0 Å². The van der Waals surface area contributed by atoms with Crippen molar-refractivity contribution < 1.29 is 9.53 Å². The highest BCUT2D eigenvalue weighted by molar-refractivity contribution is 9.10. The van der Waals surface area contributed by atoms with Gasteiger partial charge in [-0.25, -0.2) is 4.79 Å². The van der Waals surface area contributed by atoms with E-state index in [1.54, 1.807) is 13.8 Å². The van der Waals surface area contributed by atoms with E-state index in [2.05, 4.69) is 28.1 Å². The molecule has 0 saturated heterocycles. The Labute approximate surface area is 111 Å². The van der Waals surface area contributed by atoms with E-state index in [4.69, 9.17) is 4.74 Å². The lowest BCUT2D eigenvalue weighted by atomic mass is 10.0. The van der Waals surface area contributed by atoms with Crippen molar-refractivity contribution in [3.05, 3.63) is 38.9 Å². The van der Waals surface area contributed by atoms with Gasteiger partial charge in [-0.3, -0.25) is 0 Å². The Morgan fingerprint density at radius 3 is 2.59 bits per heavy atom. The summed E-state index contributed by atoms with van der Waals surface area (Å²) in [4.78, 5) is 11.5. The molecule has 0 spiro atoms. The topological polar surface area (TPSA) is 26.3 Å². The van der Waals surface area contributed by atoms with Crippen LogP contribution in [0.3, 0.4) is 0 Å². The van der Waals surface area contributed by atoms with Crippen molar-refractivity contribution in [2.24, 2.45) is 0 Å². The first-order chi connectivity index (χ1) is 7.95. The summed E-state index contributed by atoms with van der Waals surface area (Å²) >= 11 is 3.49. The molecule has 0 saturated carbocycles. The van der Waals surface area contributed by atoms with Crippen molar-refractivity contribution >= 4 is 28.0 Å². The molecular formula is C14H17BrO2. The Hall–Kier alpha value is -1.09. The maximum atomic E-state index is 11.5. The largest absolute Gasteiger partial charge is 0.463 e. The number of esters is 1. The van der Waals surface area contributed by atoms with Gasteiger partial charge >= 0.3 is 5.97 Å². The highest BCUT2D eigenvalue weighted by atomic mass is 79.9. The monoisotopic (exact) mass is 296 g/mol. The zero-order chi connectivity index (χ0) is 13.0. The third-order valence-electron chi connectivity index (χ3n) is 2.52. The first kappa shape index (κ1) is 14.0. The number of ether oxygens (including phenoxy) is 1. The quantitative estimate of drug-likeness (QED) is 0.622. The van der Waals surface area contributed by atoms with Crippen LogP contribution in [-0.2, 0) is 9.53 Å². The number of carbonyl (C=O) groups excluding carboxylic acids is 1. The lowest BCUT2D eigenvalue weighted by Crippen LogP contribution is -2.05. The van der Waals surface area contributed by atoms with Crippen LogP contribution >= 0.6 is 15.9 Å². The van der Waals surface area contributed by atoms with Crippen LogP contribution in [0.1, 0.15) is 30.5 Å². The first-order valence-corrected chi connectivity index (χ1v) is 6.37. The number of rotatable bonds is 3. The summed E-state index contributed by atoms with van der Waals surface area (Å²) in [6, 6.07) is 4.11. The zero-order valence-electron chi connectivity index (χ0n) is 10.6. The minimum atomic E-state index is -0.257. The molecule has 0 fully saturated rings. The Kier molecular flexibility index (Phi) is 4.94. The average molecular weight is 297 g/mol. The second-order valence-electron chi connectivity index (χ2n) is 4.01. The van der Waals surface area contributed by atoms with Gasteiger partial charge in [-0.2, -0.15) is 0 Å². The van der Waals surface area contributed by atoms with Gasteiger partial charge in [-0.05, 0) is 56.5 Å². The molecule has 1 aromatic rings. The van der Waals surface area contributed by atoms with Crippen molar-refractivity contribution in [3.8, 4) is 0 Å². The Bertz CT molecular complexity index is 462. The number of hydrogen-bond acceptors (Lipinski definition) is 2. The van der Waals surface area contributed by atoms with E-state index < -0.39 is 0 Å². The predicted octanol–water partition coefficient (Wildman–Crippen LogP) is 4.03. The van der Waals surface area contributed by atoms with Gasteiger partial charge in [0, 0.05) is 10.0 Å². The summed E-state index contributed by atoms with van der Waals surface area (Å²) in [5.74, 6) is -0.257. The Balaban J connectivity index is 3.06. The number of aryl methyl sites for hydroxylation is 2. The minimum Gasteiger partial charge on any atom is -0.463 e. The molecule has 0 aliphatic carbocycles. The van der Waals surface area contributed by atoms with Gasteiger partial charge < -0.3 is 4.74 Å². The fraction of sp³-hybridized carbons (Fsp3) is 0.357. The zero-order valence-corrected chi connectivity index (χ0v) is 12.2. The smallest absolute Gasteiger partial charge is 0.333 e.